The van der Waals surface area contributed by atoms with E-state index in [-0.39, 0.29) is 23.9 Å². The van der Waals surface area contributed by atoms with Gasteiger partial charge in [-0.1, -0.05) is 64.0 Å². The molecule has 156 valence electrons. The molecule has 30 heavy (non-hydrogen) atoms. The molecule has 0 radical (unpaired) electrons. The van der Waals surface area contributed by atoms with Crippen LogP contribution in [0.4, 0.5) is 5.69 Å². The van der Waals surface area contributed by atoms with Gasteiger partial charge in [-0.15, -0.1) is 0 Å². The summed E-state index contributed by atoms with van der Waals surface area (Å²) in [5.74, 6) is -0.311. The van der Waals surface area contributed by atoms with Crippen LogP contribution in [0.5, 0.6) is 0 Å². The first-order valence-corrected chi connectivity index (χ1v) is 11.6. The molecule has 0 aliphatic carbocycles. The van der Waals surface area contributed by atoms with Crippen LogP contribution in [0.3, 0.4) is 0 Å². The molecule has 3 aromatic carbocycles. The number of nitrogens with zero attached hydrogens (tertiary/aromatic N) is 2. The molecule has 0 N–H and O–H groups in total. The first-order valence-electron chi connectivity index (χ1n) is 9.40. The standard InChI is InChI=1S/C23H23BrN2O3S/c1-18-8-14-22(15-9-18)30(28,29)26(16-19-10-12-20(24)13-11-19)17-23(27)25(2)21-6-4-3-5-7-21/h3-15H,16-17H2,1-2H3. The van der Waals surface area contributed by atoms with Crippen molar-refractivity contribution < 1.29 is 13.2 Å². The molecule has 0 fully saturated rings. The number of halogens is 1. The van der Waals surface area contributed by atoms with Crippen LogP contribution in [0.1, 0.15) is 11.1 Å². The molecule has 0 unspecified atom stereocenters. The number of sulfonamides is 1. The third-order valence-corrected chi connectivity index (χ3v) is 7.09. The fourth-order valence-corrected chi connectivity index (χ4v) is 4.57. The van der Waals surface area contributed by atoms with Crippen molar-refractivity contribution in [3.05, 3.63) is 94.5 Å². The van der Waals surface area contributed by atoms with Crippen LogP contribution in [-0.4, -0.2) is 32.2 Å². The van der Waals surface area contributed by atoms with Crippen LogP contribution in [0, 0.1) is 6.92 Å². The molecule has 0 heterocycles. The second kappa shape index (κ2) is 9.55. The topological polar surface area (TPSA) is 57.7 Å². The van der Waals surface area contributed by atoms with Gasteiger partial charge in [-0.25, -0.2) is 8.42 Å². The van der Waals surface area contributed by atoms with Crippen LogP contribution in [0.2, 0.25) is 0 Å². The Morgan fingerprint density at radius 3 is 2.10 bits per heavy atom. The average molecular weight is 487 g/mol. The maximum atomic E-state index is 13.4. The highest BCUT2D eigenvalue weighted by Gasteiger charge is 2.28. The summed E-state index contributed by atoms with van der Waals surface area (Å²) < 4.78 is 28.8. The number of para-hydroxylation sites is 1. The minimum absolute atomic E-state index is 0.0951. The summed E-state index contributed by atoms with van der Waals surface area (Å²) in [7, 11) is -2.22. The summed E-state index contributed by atoms with van der Waals surface area (Å²) >= 11 is 3.39. The van der Waals surface area contributed by atoms with Crippen LogP contribution in [-0.2, 0) is 21.4 Å². The second-order valence-corrected chi connectivity index (χ2v) is 9.85. The van der Waals surface area contributed by atoms with Crippen molar-refractivity contribution >= 4 is 37.5 Å². The van der Waals surface area contributed by atoms with Crippen LogP contribution < -0.4 is 4.90 Å². The molecule has 0 aromatic heterocycles. The van der Waals surface area contributed by atoms with Crippen LogP contribution in [0.15, 0.2) is 88.2 Å². The van der Waals surface area contributed by atoms with Gasteiger partial charge in [-0.3, -0.25) is 4.79 Å². The van der Waals surface area contributed by atoms with E-state index >= 15 is 0 Å². The predicted octanol–water partition coefficient (Wildman–Crippen LogP) is 4.61. The predicted molar refractivity (Wildman–Crippen MR) is 123 cm³/mol. The number of likely N-dealkylation sites (N-methyl/N-ethyl adjacent to an activating group) is 1. The van der Waals surface area contributed by atoms with Gasteiger partial charge >= 0.3 is 0 Å². The Kier molecular flexibility index (Phi) is 7.07. The van der Waals surface area contributed by atoms with E-state index in [4.69, 9.17) is 0 Å². The SMILES string of the molecule is Cc1ccc(S(=O)(=O)N(CC(=O)N(C)c2ccccc2)Cc2ccc(Br)cc2)cc1. The summed E-state index contributed by atoms with van der Waals surface area (Å²) in [4.78, 5) is 14.6. The Labute approximate surface area is 186 Å². The molecule has 0 aliphatic heterocycles. The molecule has 0 bridgehead atoms. The molecule has 0 spiro atoms. The lowest BCUT2D eigenvalue weighted by atomic mass is 10.2. The van der Waals surface area contributed by atoms with Crippen molar-refractivity contribution in [2.75, 3.05) is 18.5 Å². The first-order chi connectivity index (χ1) is 14.3. The number of amides is 1. The summed E-state index contributed by atoms with van der Waals surface area (Å²) in [6.07, 6.45) is 0. The lowest BCUT2D eigenvalue weighted by Crippen LogP contribution is -2.41. The second-order valence-electron chi connectivity index (χ2n) is 7.00. The maximum absolute atomic E-state index is 13.4. The molecule has 1 amide bonds. The van der Waals surface area contributed by atoms with Crippen molar-refractivity contribution in [1.82, 2.24) is 4.31 Å². The number of aryl methyl sites for hydroxylation is 1. The van der Waals surface area contributed by atoms with E-state index in [1.54, 1.807) is 31.3 Å². The van der Waals surface area contributed by atoms with E-state index in [0.717, 1.165) is 15.6 Å². The highest BCUT2D eigenvalue weighted by atomic mass is 79.9. The quantitative estimate of drug-likeness (QED) is 0.489. The third kappa shape index (κ3) is 5.36. The summed E-state index contributed by atoms with van der Waals surface area (Å²) in [5, 5.41) is 0. The zero-order chi connectivity index (χ0) is 21.7. The van der Waals surface area contributed by atoms with Crippen molar-refractivity contribution in [2.24, 2.45) is 0 Å². The molecule has 5 nitrogen and oxygen atoms in total. The number of carbonyl (C=O) groups excluding carboxylic acids is 1. The third-order valence-electron chi connectivity index (χ3n) is 4.76. The smallest absolute Gasteiger partial charge is 0.243 e. The molecule has 0 saturated heterocycles. The van der Waals surface area contributed by atoms with Gasteiger partial charge in [0.2, 0.25) is 15.9 Å². The van der Waals surface area contributed by atoms with Crippen LogP contribution in [0.25, 0.3) is 0 Å². The summed E-state index contributed by atoms with van der Waals surface area (Å²) in [6.45, 7) is 1.73. The Morgan fingerprint density at radius 1 is 0.900 bits per heavy atom. The zero-order valence-electron chi connectivity index (χ0n) is 16.8. The molecule has 3 aromatic rings. The molecule has 0 aliphatic rings. The molecular formula is C23H23BrN2O3S. The minimum atomic E-state index is -3.86. The van der Waals surface area contributed by atoms with Crippen molar-refractivity contribution in [1.29, 1.82) is 0 Å². The van der Waals surface area contributed by atoms with Crippen molar-refractivity contribution in [3.8, 4) is 0 Å². The van der Waals surface area contributed by atoms with E-state index < -0.39 is 10.0 Å². The van der Waals surface area contributed by atoms with Crippen molar-refractivity contribution in [3.63, 3.8) is 0 Å². The molecular weight excluding hydrogens is 464 g/mol. The van der Waals surface area contributed by atoms with Gasteiger partial charge < -0.3 is 4.90 Å². The fourth-order valence-electron chi connectivity index (χ4n) is 2.93. The number of carbonyl (C=O) groups is 1. The largest absolute Gasteiger partial charge is 0.314 e. The minimum Gasteiger partial charge on any atom is -0.314 e. The molecule has 0 saturated carbocycles. The van der Waals surface area contributed by atoms with Gasteiger partial charge in [0.25, 0.3) is 0 Å². The molecule has 3 rings (SSSR count). The summed E-state index contributed by atoms with van der Waals surface area (Å²) in [5.41, 5.74) is 2.47. The Bertz CT molecular complexity index is 1100. The summed E-state index contributed by atoms with van der Waals surface area (Å²) in [6, 6.07) is 23.2. The number of anilines is 1. The Hall–Kier alpha value is -2.48. The van der Waals surface area contributed by atoms with Gasteiger partial charge in [0.15, 0.2) is 0 Å². The lowest BCUT2D eigenvalue weighted by molar-refractivity contribution is -0.118. The highest BCUT2D eigenvalue weighted by Crippen LogP contribution is 2.21. The van der Waals surface area contributed by atoms with Crippen LogP contribution >= 0.6 is 15.9 Å². The Morgan fingerprint density at radius 2 is 1.50 bits per heavy atom. The average Bonchev–Trinajstić information content (AvgIpc) is 2.75. The van der Waals surface area contributed by atoms with Gasteiger partial charge in [0.1, 0.15) is 0 Å². The van der Waals surface area contributed by atoms with E-state index in [1.165, 1.54) is 9.21 Å². The number of rotatable bonds is 7. The Balaban J connectivity index is 1.91. The van der Waals surface area contributed by atoms with Gasteiger partial charge in [0, 0.05) is 23.8 Å². The highest BCUT2D eigenvalue weighted by molar-refractivity contribution is 9.10. The lowest BCUT2D eigenvalue weighted by Gasteiger charge is -2.25. The van der Waals surface area contributed by atoms with E-state index in [0.29, 0.717) is 5.69 Å². The van der Waals surface area contributed by atoms with Crippen molar-refractivity contribution in [2.45, 2.75) is 18.4 Å². The molecule has 7 heteroatoms. The van der Waals surface area contributed by atoms with E-state index in [2.05, 4.69) is 15.9 Å². The van der Waals surface area contributed by atoms with E-state index in [9.17, 15) is 13.2 Å². The normalized spacial score (nSPS) is 11.5. The van der Waals surface area contributed by atoms with E-state index in [1.807, 2.05) is 61.5 Å². The first kappa shape index (κ1) is 22.2. The number of hydrogen-bond donors (Lipinski definition) is 0. The maximum Gasteiger partial charge on any atom is 0.243 e. The van der Waals surface area contributed by atoms with Gasteiger partial charge in [0.05, 0.1) is 11.4 Å². The molecule has 0 atom stereocenters. The zero-order valence-corrected chi connectivity index (χ0v) is 19.2. The number of hydrogen-bond acceptors (Lipinski definition) is 3. The fraction of sp³-hybridized carbons (Fsp3) is 0.174. The van der Waals surface area contributed by atoms with Gasteiger partial charge in [-0.2, -0.15) is 4.31 Å². The monoisotopic (exact) mass is 486 g/mol. The number of benzene rings is 3. The van der Waals surface area contributed by atoms with Gasteiger partial charge in [-0.05, 0) is 48.9 Å².